The zero-order chi connectivity index (χ0) is 37.2. The van der Waals surface area contributed by atoms with E-state index in [0.717, 1.165) is 72.0 Å². The maximum absolute atomic E-state index is 10.7. The van der Waals surface area contributed by atoms with Gasteiger partial charge in [0.05, 0.1) is 33.1 Å². The van der Waals surface area contributed by atoms with Gasteiger partial charge in [-0.2, -0.15) is 5.26 Å². The smallest absolute Gasteiger partial charge is 0.147 e. The molecule has 0 aliphatic heterocycles. The van der Waals surface area contributed by atoms with Crippen molar-refractivity contribution >= 4 is 54.5 Å². The predicted molar refractivity (Wildman–Crippen MR) is 231 cm³/mol. The van der Waals surface area contributed by atoms with Crippen LogP contribution in [0.1, 0.15) is 5.56 Å². The van der Waals surface area contributed by atoms with E-state index in [1.165, 1.54) is 27.4 Å². The molecule has 0 unspecified atom stereocenters. The number of pyridine rings is 1. The van der Waals surface area contributed by atoms with Gasteiger partial charge in [0.25, 0.3) is 0 Å². The van der Waals surface area contributed by atoms with E-state index < -0.39 is 0 Å². The standard InChI is InChI=1S/C52H32N4/c53-33-45-40-17-7-10-20-46(40)54-52(51(45)36-15-5-2-6-16-36)56-48-22-12-9-19-42(48)44-31-37(26-30-49(44)56)38-25-29-43-41-18-8-11-21-47(41)55(50(43)32-38)39-27-23-35(24-28-39)34-13-3-1-4-14-34/h1-32H. The molecule has 0 saturated heterocycles. The Balaban J connectivity index is 1.12. The van der Waals surface area contributed by atoms with Crippen molar-refractivity contribution < 1.29 is 0 Å². The van der Waals surface area contributed by atoms with E-state index in [9.17, 15) is 5.26 Å². The normalized spacial score (nSPS) is 11.6. The van der Waals surface area contributed by atoms with Gasteiger partial charge in [-0.1, -0.05) is 146 Å². The Morgan fingerprint density at radius 2 is 0.893 bits per heavy atom. The predicted octanol–water partition coefficient (Wildman–Crippen LogP) is 13.3. The molecule has 0 N–H and O–H groups in total. The summed E-state index contributed by atoms with van der Waals surface area (Å²) in [5, 5.41) is 16.2. The van der Waals surface area contributed by atoms with Gasteiger partial charge in [0, 0.05) is 38.2 Å². The third kappa shape index (κ3) is 4.89. The molecule has 0 fully saturated rings. The Kier molecular flexibility index (Phi) is 7.20. The lowest BCUT2D eigenvalue weighted by Gasteiger charge is -2.16. The molecule has 260 valence electrons. The van der Waals surface area contributed by atoms with Crippen molar-refractivity contribution in [1.82, 2.24) is 14.1 Å². The summed E-state index contributed by atoms with van der Waals surface area (Å²) < 4.78 is 4.63. The Morgan fingerprint density at radius 1 is 0.375 bits per heavy atom. The third-order valence-corrected chi connectivity index (χ3v) is 11.2. The van der Waals surface area contributed by atoms with Crippen LogP contribution in [0.5, 0.6) is 0 Å². The van der Waals surface area contributed by atoms with E-state index >= 15 is 0 Å². The maximum atomic E-state index is 10.7. The molecule has 0 aliphatic rings. The van der Waals surface area contributed by atoms with Gasteiger partial charge in [-0.3, -0.25) is 4.57 Å². The third-order valence-electron chi connectivity index (χ3n) is 11.2. The van der Waals surface area contributed by atoms with Crippen LogP contribution in [0.3, 0.4) is 0 Å². The molecule has 11 aromatic rings. The number of benzene rings is 8. The molecule has 4 nitrogen and oxygen atoms in total. The summed E-state index contributed by atoms with van der Waals surface area (Å²) in [5.74, 6) is 0.745. The summed E-state index contributed by atoms with van der Waals surface area (Å²) in [7, 11) is 0. The molecule has 0 bridgehead atoms. The lowest BCUT2D eigenvalue weighted by molar-refractivity contribution is 1.10. The van der Waals surface area contributed by atoms with Gasteiger partial charge >= 0.3 is 0 Å². The summed E-state index contributed by atoms with van der Waals surface area (Å²) in [6.07, 6.45) is 0. The number of nitrogens with zero attached hydrogens (tertiary/aromatic N) is 4. The number of rotatable bonds is 5. The molecule has 3 heterocycles. The van der Waals surface area contributed by atoms with Gasteiger partial charge < -0.3 is 4.57 Å². The Labute approximate surface area is 323 Å². The summed E-state index contributed by atoms with van der Waals surface area (Å²) in [6.45, 7) is 0. The van der Waals surface area contributed by atoms with Gasteiger partial charge in [0.2, 0.25) is 0 Å². The topological polar surface area (TPSA) is 46.5 Å². The van der Waals surface area contributed by atoms with Crippen molar-refractivity contribution in [3.05, 3.63) is 200 Å². The van der Waals surface area contributed by atoms with Gasteiger partial charge in [0.1, 0.15) is 11.9 Å². The number of para-hydroxylation sites is 3. The molecule has 0 aliphatic carbocycles. The Bertz CT molecular complexity index is 3350. The number of hydrogen-bond donors (Lipinski definition) is 0. The molecule has 11 rings (SSSR count). The number of fused-ring (bicyclic) bond motifs is 7. The zero-order valence-electron chi connectivity index (χ0n) is 30.3. The number of nitriles is 1. The van der Waals surface area contributed by atoms with Gasteiger partial charge in [-0.15, -0.1) is 0 Å². The molecule has 0 saturated carbocycles. The Morgan fingerprint density at radius 3 is 1.62 bits per heavy atom. The molecule has 3 aromatic heterocycles. The monoisotopic (exact) mass is 712 g/mol. The summed E-state index contributed by atoms with van der Waals surface area (Å²) in [4.78, 5) is 5.31. The SMILES string of the molecule is N#Cc1c(-c2ccccc2)c(-n2c3ccccc3c3cc(-c4ccc5c6ccccc6n(-c6ccc(-c7ccccc7)cc6)c5c4)ccc32)nc2ccccc12. The Hall–Kier alpha value is -7.74. The van der Waals surface area contributed by atoms with E-state index in [1.807, 2.05) is 42.5 Å². The molecule has 8 aromatic carbocycles. The van der Waals surface area contributed by atoms with Crippen molar-refractivity contribution in [1.29, 1.82) is 5.26 Å². The van der Waals surface area contributed by atoms with Crippen LogP contribution < -0.4 is 0 Å². The van der Waals surface area contributed by atoms with Crippen molar-refractivity contribution in [2.24, 2.45) is 0 Å². The van der Waals surface area contributed by atoms with Gasteiger partial charge in [-0.25, -0.2) is 4.98 Å². The summed E-state index contributed by atoms with van der Waals surface area (Å²) in [6, 6.07) is 70.8. The maximum Gasteiger partial charge on any atom is 0.147 e. The first-order valence-corrected chi connectivity index (χ1v) is 18.9. The van der Waals surface area contributed by atoms with Crippen LogP contribution in [0.25, 0.3) is 99.4 Å². The van der Waals surface area contributed by atoms with Gasteiger partial charge in [-0.05, 0) is 76.3 Å². The first kappa shape index (κ1) is 31.8. The van der Waals surface area contributed by atoms with Crippen molar-refractivity contribution in [3.8, 4) is 51.0 Å². The fourth-order valence-electron chi connectivity index (χ4n) is 8.60. The van der Waals surface area contributed by atoms with Crippen LogP contribution in [0.2, 0.25) is 0 Å². The molecular weight excluding hydrogens is 681 g/mol. The first-order chi connectivity index (χ1) is 27.7. The van der Waals surface area contributed by atoms with Crippen LogP contribution in [0.4, 0.5) is 0 Å². The minimum Gasteiger partial charge on any atom is -0.309 e. The van der Waals surface area contributed by atoms with Gasteiger partial charge in [0.15, 0.2) is 0 Å². The molecule has 0 radical (unpaired) electrons. The first-order valence-electron chi connectivity index (χ1n) is 18.9. The highest BCUT2D eigenvalue weighted by Crippen LogP contribution is 2.41. The lowest BCUT2D eigenvalue weighted by atomic mass is 9.97. The average Bonchev–Trinajstić information content (AvgIpc) is 3.78. The van der Waals surface area contributed by atoms with E-state index in [0.29, 0.717) is 5.56 Å². The molecule has 0 amide bonds. The second kappa shape index (κ2) is 12.7. The number of hydrogen-bond acceptors (Lipinski definition) is 2. The fraction of sp³-hybridized carbons (Fsp3) is 0. The van der Waals surface area contributed by atoms with Crippen LogP contribution in [-0.4, -0.2) is 14.1 Å². The average molecular weight is 713 g/mol. The van der Waals surface area contributed by atoms with Crippen molar-refractivity contribution in [2.75, 3.05) is 0 Å². The second-order valence-electron chi connectivity index (χ2n) is 14.3. The molecule has 0 atom stereocenters. The summed E-state index contributed by atoms with van der Waals surface area (Å²) in [5.41, 5.74) is 13.4. The van der Waals surface area contributed by atoms with Crippen molar-refractivity contribution in [3.63, 3.8) is 0 Å². The second-order valence-corrected chi connectivity index (χ2v) is 14.3. The highest BCUT2D eigenvalue weighted by atomic mass is 15.1. The molecule has 56 heavy (non-hydrogen) atoms. The van der Waals surface area contributed by atoms with Crippen molar-refractivity contribution in [2.45, 2.75) is 0 Å². The molecular formula is C52H32N4. The van der Waals surface area contributed by atoms with E-state index in [4.69, 9.17) is 4.98 Å². The highest BCUT2D eigenvalue weighted by Gasteiger charge is 2.22. The van der Waals surface area contributed by atoms with E-state index in [-0.39, 0.29) is 0 Å². The number of aromatic nitrogens is 3. The highest BCUT2D eigenvalue weighted by molar-refractivity contribution is 6.13. The zero-order valence-corrected chi connectivity index (χ0v) is 30.3. The van der Waals surface area contributed by atoms with E-state index in [1.54, 1.807) is 0 Å². The van der Waals surface area contributed by atoms with Crippen LogP contribution in [-0.2, 0) is 0 Å². The lowest BCUT2D eigenvalue weighted by Crippen LogP contribution is -2.04. The van der Waals surface area contributed by atoms with Crippen LogP contribution >= 0.6 is 0 Å². The van der Waals surface area contributed by atoms with E-state index in [2.05, 4.69) is 167 Å². The minimum absolute atomic E-state index is 0.623. The van der Waals surface area contributed by atoms with Crippen LogP contribution in [0.15, 0.2) is 194 Å². The largest absolute Gasteiger partial charge is 0.309 e. The minimum atomic E-state index is 0.623. The quantitative estimate of drug-likeness (QED) is 0.178. The fourth-order valence-corrected chi connectivity index (χ4v) is 8.60. The molecule has 4 heteroatoms. The molecule has 0 spiro atoms. The summed E-state index contributed by atoms with van der Waals surface area (Å²) >= 11 is 0. The van der Waals surface area contributed by atoms with Crippen LogP contribution in [0, 0.1) is 11.3 Å².